The second-order valence-corrected chi connectivity index (χ2v) is 9.40. The van der Waals surface area contributed by atoms with Crippen LogP contribution in [-0.4, -0.2) is 61.9 Å². The van der Waals surface area contributed by atoms with Crippen molar-refractivity contribution in [3.63, 3.8) is 0 Å². The first-order chi connectivity index (χ1) is 19.7. The zero-order valence-corrected chi connectivity index (χ0v) is 22.1. The van der Waals surface area contributed by atoms with E-state index in [-0.39, 0.29) is 13.1 Å². The largest absolute Gasteiger partial charge is 0.481 e. The SMILES string of the molecule is C[C@@H](C(=O)O)[C@@](O)(Cn1cncn1)c1cc(F)ccc1F.C[C@H](C(=O)O)[C@](O)(Cn1cncn1)c1cc(F)ccc1F. The topological polar surface area (TPSA) is 176 Å². The highest BCUT2D eigenvalue weighted by atomic mass is 19.1. The highest BCUT2D eigenvalue weighted by Crippen LogP contribution is 2.35. The molecule has 4 atom stereocenters. The fourth-order valence-electron chi connectivity index (χ4n) is 4.10. The highest BCUT2D eigenvalue weighted by Gasteiger charge is 2.44. The van der Waals surface area contributed by atoms with Crippen LogP contribution in [0.15, 0.2) is 61.7 Å². The lowest BCUT2D eigenvalue weighted by Gasteiger charge is -2.32. The molecule has 0 spiro atoms. The average Bonchev–Trinajstić information content (AvgIpc) is 3.65. The predicted molar refractivity (Wildman–Crippen MR) is 134 cm³/mol. The van der Waals surface area contributed by atoms with Gasteiger partial charge in [-0.25, -0.2) is 36.9 Å². The summed E-state index contributed by atoms with van der Waals surface area (Å²) in [6.07, 6.45) is 4.87. The first kappa shape index (κ1) is 31.8. The van der Waals surface area contributed by atoms with Crippen LogP contribution in [0.4, 0.5) is 17.6 Å². The normalized spacial score (nSPS) is 15.4. The van der Waals surface area contributed by atoms with Crippen molar-refractivity contribution in [1.29, 1.82) is 0 Å². The molecule has 4 aromatic rings. The monoisotopic (exact) mass is 594 g/mol. The van der Waals surface area contributed by atoms with Crippen LogP contribution in [0, 0.1) is 35.1 Å². The Hall–Kier alpha value is -4.70. The van der Waals surface area contributed by atoms with E-state index in [9.17, 15) is 37.4 Å². The molecule has 4 rings (SSSR count). The lowest BCUT2D eigenvalue weighted by molar-refractivity contribution is -0.154. The number of halogens is 4. The van der Waals surface area contributed by atoms with Crippen LogP contribution in [-0.2, 0) is 33.9 Å². The zero-order valence-electron chi connectivity index (χ0n) is 22.1. The lowest BCUT2D eigenvalue weighted by Crippen LogP contribution is -2.43. The number of nitrogens with zero attached hydrogens (tertiary/aromatic N) is 6. The summed E-state index contributed by atoms with van der Waals surface area (Å²) in [4.78, 5) is 29.8. The minimum Gasteiger partial charge on any atom is -0.481 e. The molecule has 0 fully saturated rings. The number of carbonyl (C=O) groups is 2. The molecule has 0 saturated carbocycles. The number of aliphatic hydroxyl groups is 2. The van der Waals surface area contributed by atoms with Crippen LogP contribution in [0.2, 0.25) is 0 Å². The van der Waals surface area contributed by atoms with Crippen LogP contribution in [0.25, 0.3) is 0 Å². The molecule has 2 aromatic heterocycles. The molecular formula is C26H26F4N6O6. The highest BCUT2D eigenvalue weighted by molar-refractivity contribution is 5.72. The summed E-state index contributed by atoms with van der Waals surface area (Å²) in [5, 5.41) is 47.3. The Balaban J connectivity index is 0.000000230. The maximum atomic E-state index is 14.0. The molecule has 0 amide bonds. The van der Waals surface area contributed by atoms with Gasteiger partial charge in [0.05, 0.1) is 24.9 Å². The van der Waals surface area contributed by atoms with Crippen molar-refractivity contribution >= 4 is 11.9 Å². The predicted octanol–water partition coefficient (Wildman–Crippen LogP) is 2.33. The van der Waals surface area contributed by atoms with E-state index in [4.69, 9.17) is 10.2 Å². The van der Waals surface area contributed by atoms with Gasteiger partial charge < -0.3 is 20.4 Å². The Morgan fingerprint density at radius 1 is 0.738 bits per heavy atom. The van der Waals surface area contributed by atoms with E-state index in [2.05, 4.69) is 20.2 Å². The van der Waals surface area contributed by atoms with Gasteiger partial charge in [0, 0.05) is 11.1 Å². The third-order valence-electron chi connectivity index (χ3n) is 6.70. The molecule has 2 heterocycles. The second-order valence-electron chi connectivity index (χ2n) is 9.40. The molecule has 0 radical (unpaired) electrons. The average molecular weight is 595 g/mol. The fraction of sp³-hybridized carbons (Fsp3) is 0.308. The molecule has 0 bridgehead atoms. The van der Waals surface area contributed by atoms with Gasteiger partial charge in [-0.2, -0.15) is 10.2 Å². The van der Waals surface area contributed by atoms with Gasteiger partial charge in [-0.15, -0.1) is 0 Å². The van der Waals surface area contributed by atoms with Crippen molar-refractivity contribution in [1.82, 2.24) is 29.5 Å². The summed E-state index contributed by atoms with van der Waals surface area (Å²) in [6.45, 7) is 1.68. The number of benzene rings is 2. The molecule has 224 valence electrons. The standard InChI is InChI=1S/2C13H13F2N3O3/c2*1-8(12(19)20)13(21,5-18-7-16-6-17-18)10-4-9(14)2-3-11(10)15/h2*2-4,6-8,21H,5H2,1H3,(H,19,20)/t2*8-,13-/m10/s1. The van der Waals surface area contributed by atoms with Crippen molar-refractivity contribution in [2.45, 2.75) is 38.1 Å². The van der Waals surface area contributed by atoms with Crippen molar-refractivity contribution < 1.29 is 47.6 Å². The first-order valence-corrected chi connectivity index (χ1v) is 12.1. The minimum atomic E-state index is -2.17. The number of rotatable bonds is 10. The molecule has 42 heavy (non-hydrogen) atoms. The van der Waals surface area contributed by atoms with Gasteiger partial charge in [-0.05, 0) is 50.2 Å². The van der Waals surface area contributed by atoms with Gasteiger partial charge in [-0.3, -0.25) is 9.59 Å². The maximum Gasteiger partial charge on any atom is 0.309 e. The third-order valence-corrected chi connectivity index (χ3v) is 6.70. The fourth-order valence-corrected chi connectivity index (χ4v) is 4.10. The van der Waals surface area contributed by atoms with Crippen molar-refractivity contribution in [2.75, 3.05) is 0 Å². The van der Waals surface area contributed by atoms with Gasteiger partial charge >= 0.3 is 11.9 Å². The van der Waals surface area contributed by atoms with Crippen LogP contribution in [0.3, 0.4) is 0 Å². The summed E-state index contributed by atoms with van der Waals surface area (Å²) in [5.74, 6) is -8.82. The summed E-state index contributed by atoms with van der Waals surface area (Å²) >= 11 is 0. The van der Waals surface area contributed by atoms with E-state index in [0.717, 1.165) is 45.8 Å². The van der Waals surface area contributed by atoms with E-state index in [0.29, 0.717) is 0 Å². The molecule has 16 heteroatoms. The molecule has 0 aliphatic heterocycles. The van der Waals surface area contributed by atoms with Crippen molar-refractivity contribution in [3.05, 3.63) is 96.1 Å². The van der Waals surface area contributed by atoms with Crippen molar-refractivity contribution in [2.24, 2.45) is 11.8 Å². The Morgan fingerprint density at radius 3 is 1.38 bits per heavy atom. The second kappa shape index (κ2) is 12.9. The summed E-state index contributed by atoms with van der Waals surface area (Å²) in [7, 11) is 0. The molecule has 0 aliphatic carbocycles. The van der Waals surface area contributed by atoms with Gasteiger partial charge in [0.15, 0.2) is 0 Å². The lowest BCUT2D eigenvalue weighted by atomic mass is 9.81. The van der Waals surface area contributed by atoms with E-state index in [1.54, 1.807) is 0 Å². The summed E-state index contributed by atoms with van der Waals surface area (Å²) < 4.78 is 56.9. The van der Waals surface area contributed by atoms with Gasteiger partial charge in [0.1, 0.15) is 59.8 Å². The molecular weight excluding hydrogens is 568 g/mol. The Kier molecular flexibility index (Phi) is 9.75. The van der Waals surface area contributed by atoms with Crippen LogP contribution >= 0.6 is 0 Å². The zero-order chi connectivity index (χ0) is 31.2. The Labute approximate surface area is 235 Å². The molecule has 2 aromatic carbocycles. The van der Waals surface area contributed by atoms with Gasteiger partial charge in [0.2, 0.25) is 0 Å². The Bertz CT molecular complexity index is 1410. The summed E-state index contributed by atoms with van der Waals surface area (Å²) in [6, 6.07) is 5.02. The number of aromatic nitrogens is 6. The van der Waals surface area contributed by atoms with Crippen LogP contribution in [0.1, 0.15) is 25.0 Å². The molecule has 4 N–H and O–H groups in total. The van der Waals surface area contributed by atoms with Crippen LogP contribution in [0.5, 0.6) is 0 Å². The van der Waals surface area contributed by atoms with Gasteiger partial charge in [-0.1, -0.05) is 0 Å². The summed E-state index contributed by atoms with van der Waals surface area (Å²) in [5.41, 5.74) is -5.22. The Morgan fingerprint density at radius 2 is 1.10 bits per heavy atom. The van der Waals surface area contributed by atoms with Gasteiger partial charge in [0.25, 0.3) is 0 Å². The quantitative estimate of drug-likeness (QED) is 0.199. The molecule has 0 saturated heterocycles. The van der Waals surface area contributed by atoms with Crippen LogP contribution < -0.4 is 0 Å². The van der Waals surface area contributed by atoms with E-state index >= 15 is 0 Å². The molecule has 12 nitrogen and oxygen atoms in total. The maximum absolute atomic E-state index is 14.0. The number of hydrogen-bond donors (Lipinski definition) is 4. The van der Waals surface area contributed by atoms with E-state index in [1.165, 1.54) is 39.2 Å². The third kappa shape index (κ3) is 6.95. The number of carboxylic acid groups (broad SMARTS) is 2. The molecule has 0 unspecified atom stereocenters. The number of hydrogen-bond acceptors (Lipinski definition) is 8. The smallest absolute Gasteiger partial charge is 0.309 e. The van der Waals surface area contributed by atoms with E-state index < -0.39 is 69.4 Å². The number of carboxylic acids is 2. The number of aliphatic carboxylic acids is 2. The minimum absolute atomic E-state index is 0.374. The molecule has 0 aliphatic rings. The van der Waals surface area contributed by atoms with E-state index in [1.807, 2.05) is 0 Å². The van der Waals surface area contributed by atoms with Crippen molar-refractivity contribution in [3.8, 4) is 0 Å². The first-order valence-electron chi connectivity index (χ1n) is 12.1.